The summed E-state index contributed by atoms with van der Waals surface area (Å²) < 4.78 is 26.4. The van der Waals surface area contributed by atoms with Gasteiger partial charge < -0.3 is 10.8 Å². The van der Waals surface area contributed by atoms with E-state index in [-0.39, 0.29) is 11.4 Å². The van der Waals surface area contributed by atoms with E-state index >= 15 is 0 Å². The van der Waals surface area contributed by atoms with Crippen molar-refractivity contribution in [2.45, 2.75) is 30.8 Å². The van der Waals surface area contributed by atoms with Gasteiger partial charge in [-0.15, -0.1) is 0 Å². The van der Waals surface area contributed by atoms with Crippen molar-refractivity contribution in [3.05, 3.63) is 22.7 Å². The van der Waals surface area contributed by atoms with Crippen LogP contribution in [0.15, 0.2) is 17.0 Å². The number of benzene rings is 1. The van der Waals surface area contributed by atoms with E-state index in [0.29, 0.717) is 35.7 Å². The van der Waals surface area contributed by atoms with Crippen LogP contribution in [0.5, 0.6) is 0 Å². The van der Waals surface area contributed by atoms with Crippen LogP contribution in [0.4, 0.5) is 5.69 Å². The van der Waals surface area contributed by atoms with Gasteiger partial charge in [-0.25, -0.2) is 8.42 Å². The Balaban J connectivity index is 2.45. The summed E-state index contributed by atoms with van der Waals surface area (Å²) in [4.78, 5) is 0.117. The van der Waals surface area contributed by atoms with E-state index in [1.807, 2.05) is 0 Å². The number of nitrogens with two attached hydrogens (primary N) is 1. The minimum absolute atomic E-state index is 0.117. The molecule has 0 saturated carbocycles. The molecule has 19 heavy (non-hydrogen) atoms. The number of rotatable bonds is 2. The molecule has 0 aliphatic carbocycles. The summed E-state index contributed by atoms with van der Waals surface area (Å²) in [5.41, 5.74) is 6.60. The van der Waals surface area contributed by atoms with Gasteiger partial charge in [-0.05, 0) is 37.5 Å². The Labute approximate surface area is 118 Å². The molecular weight excluding hydrogens is 288 g/mol. The summed E-state index contributed by atoms with van der Waals surface area (Å²) in [6.07, 6.45) is 0.665. The van der Waals surface area contributed by atoms with Gasteiger partial charge in [0.1, 0.15) is 0 Å². The van der Waals surface area contributed by atoms with Crippen molar-refractivity contribution in [2.24, 2.45) is 0 Å². The van der Waals surface area contributed by atoms with Gasteiger partial charge in [-0.3, -0.25) is 0 Å². The zero-order valence-electron chi connectivity index (χ0n) is 10.6. The molecule has 1 aliphatic rings. The minimum atomic E-state index is -3.66. The lowest BCUT2D eigenvalue weighted by Gasteiger charge is -2.29. The summed E-state index contributed by atoms with van der Waals surface area (Å²) in [6.45, 7) is 2.18. The van der Waals surface area contributed by atoms with Gasteiger partial charge >= 0.3 is 0 Å². The molecule has 1 aromatic carbocycles. The highest BCUT2D eigenvalue weighted by Gasteiger charge is 2.31. The van der Waals surface area contributed by atoms with Gasteiger partial charge in [0.15, 0.2) is 0 Å². The van der Waals surface area contributed by atoms with Crippen molar-refractivity contribution in [1.29, 1.82) is 0 Å². The van der Waals surface area contributed by atoms with Gasteiger partial charge in [-0.1, -0.05) is 11.6 Å². The number of aliphatic hydroxyl groups excluding tert-OH is 1. The van der Waals surface area contributed by atoms with Gasteiger partial charge in [0.05, 0.1) is 11.0 Å². The molecule has 1 aliphatic heterocycles. The lowest BCUT2D eigenvalue weighted by Crippen LogP contribution is -2.42. The summed E-state index contributed by atoms with van der Waals surface area (Å²) in [5, 5.41) is 9.90. The summed E-state index contributed by atoms with van der Waals surface area (Å²) in [5.74, 6) is 0. The van der Waals surface area contributed by atoms with Crippen LogP contribution in [-0.4, -0.2) is 37.0 Å². The van der Waals surface area contributed by atoms with E-state index in [2.05, 4.69) is 0 Å². The van der Waals surface area contributed by atoms with Crippen LogP contribution in [-0.2, 0) is 10.0 Å². The molecule has 0 unspecified atom stereocenters. The SMILES string of the molecule is Cc1c(N)cc(Cl)cc1S(=O)(=O)N1CCC[C@H](O)C1. The Morgan fingerprint density at radius 2 is 2.16 bits per heavy atom. The van der Waals surface area contributed by atoms with Crippen molar-refractivity contribution in [3.63, 3.8) is 0 Å². The fourth-order valence-corrected chi connectivity index (χ4v) is 4.31. The van der Waals surface area contributed by atoms with Gasteiger partial charge in [0.2, 0.25) is 10.0 Å². The molecule has 1 aromatic rings. The van der Waals surface area contributed by atoms with Crippen LogP contribution in [0, 0.1) is 6.92 Å². The first kappa shape index (κ1) is 14.6. The first-order valence-electron chi connectivity index (χ1n) is 6.06. The number of hydrogen-bond acceptors (Lipinski definition) is 4. The van der Waals surface area contributed by atoms with Crippen LogP contribution < -0.4 is 5.73 Å². The predicted molar refractivity (Wildman–Crippen MR) is 74.6 cm³/mol. The Hall–Kier alpha value is -0.820. The van der Waals surface area contributed by atoms with Crippen LogP contribution in [0.2, 0.25) is 5.02 Å². The topological polar surface area (TPSA) is 83.6 Å². The molecule has 1 atom stereocenters. The number of nitrogen functional groups attached to an aromatic ring is 1. The predicted octanol–water partition coefficient (Wildman–Crippen LogP) is 1.38. The van der Waals surface area contributed by atoms with Crippen LogP contribution in [0.1, 0.15) is 18.4 Å². The molecule has 1 saturated heterocycles. The number of anilines is 1. The Bertz CT molecular complexity index is 589. The van der Waals surface area contributed by atoms with Crippen molar-refractivity contribution in [1.82, 2.24) is 4.31 Å². The van der Waals surface area contributed by atoms with E-state index in [1.165, 1.54) is 16.4 Å². The summed E-state index contributed by atoms with van der Waals surface area (Å²) in [7, 11) is -3.66. The summed E-state index contributed by atoms with van der Waals surface area (Å²) in [6, 6.07) is 2.94. The van der Waals surface area contributed by atoms with Gasteiger partial charge in [0.25, 0.3) is 0 Å². The molecule has 106 valence electrons. The van der Waals surface area contributed by atoms with Gasteiger partial charge in [0, 0.05) is 23.8 Å². The maximum absolute atomic E-state index is 12.6. The zero-order chi connectivity index (χ0) is 14.2. The third-order valence-corrected chi connectivity index (χ3v) is 5.55. The molecule has 0 bridgehead atoms. The molecule has 0 spiro atoms. The molecule has 0 amide bonds. The van der Waals surface area contributed by atoms with Crippen molar-refractivity contribution < 1.29 is 13.5 Å². The monoisotopic (exact) mass is 304 g/mol. The highest BCUT2D eigenvalue weighted by atomic mass is 35.5. The van der Waals surface area contributed by atoms with Crippen LogP contribution >= 0.6 is 11.6 Å². The smallest absolute Gasteiger partial charge is 0.243 e. The minimum Gasteiger partial charge on any atom is -0.398 e. The van der Waals surface area contributed by atoms with E-state index in [0.717, 1.165) is 0 Å². The number of β-amino-alcohol motifs (C(OH)–C–C–N with tert-alkyl or cyclic N) is 1. The highest BCUT2D eigenvalue weighted by molar-refractivity contribution is 7.89. The van der Waals surface area contributed by atoms with E-state index < -0.39 is 16.1 Å². The first-order chi connectivity index (χ1) is 8.82. The van der Waals surface area contributed by atoms with Crippen molar-refractivity contribution in [2.75, 3.05) is 18.8 Å². The number of hydrogen-bond donors (Lipinski definition) is 2. The second kappa shape index (κ2) is 5.28. The number of sulfonamides is 1. The molecule has 5 nitrogen and oxygen atoms in total. The lowest BCUT2D eigenvalue weighted by atomic mass is 10.1. The lowest BCUT2D eigenvalue weighted by molar-refractivity contribution is 0.108. The standard InChI is InChI=1S/C12H17ClN2O3S/c1-8-11(14)5-9(13)6-12(8)19(17,18)15-4-2-3-10(16)7-15/h5-6,10,16H,2-4,7,14H2,1H3/t10-/m0/s1. The zero-order valence-corrected chi connectivity index (χ0v) is 12.2. The third-order valence-electron chi connectivity index (χ3n) is 3.34. The molecule has 2 rings (SSSR count). The highest BCUT2D eigenvalue weighted by Crippen LogP contribution is 2.29. The molecule has 3 N–H and O–H groups in total. The Morgan fingerprint density at radius 1 is 1.47 bits per heavy atom. The molecule has 0 radical (unpaired) electrons. The van der Waals surface area contributed by atoms with E-state index in [1.54, 1.807) is 6.92 Å². The molecule has 1 heterocycles. The Morgan fingerprint density at radius 3 is 2.79 bits per heavy atom. The molecule has 7 heteroatoms. The van der Waals surface area contributed by atoms with Crippen molar-refractivity contribution >= 4 is 27.3 Å². The largest absolute Gasteiger partial charge is 0.398 e. The fraction of sp³-hybridized carbons (Fsp3) is 0.500. The van der Waals surface area contributed by atoms with E-state index in [9.17, 15) is 13.5 Å². The summed E-state index contributed by atoms with van der Waals surface area (Å²) >= 11 is 5.88. The van der Waals surface area contributed by atoms with Crippen LogP contribution in [0.25, 0.3) is 0 Å². The molecule has 0 aromatic heterocycles. The van der Waals surface area contributed by atoms with Crippen LogP contribution in [0.3, 0.4) is 0 Å². The second-order valence-electron chi connectivity index (χ2n) is 4.78. The average molecular weight is 305 g/mol. The van der Waals surface area contributed by atoms with E-state index in [4.69, 9.17) is 17.3 Å². The number of aliphatic hydroxyl groups is 1. The maximum Gasteiger partial charge on any atom is 0.243 e. The quantitative estimate of drug-likeness (QED) is 0.809. The number of nitrogens with zero attached hydrogens (tertiary/aromatic N) is 1. The third kappa shape index (κ3) is 2.86. The molecule has 1 fully saturated rings. The normalized spacial score (nSPS) is 21.5. The van der Waals surface area contributed by atoms with Gasteiger partial charge in [-0.2, -0.15) is 4.31 Å². The first-order valence-corrected chi connectivity index (χ1v) is 7.88. The van der Waals surface area contributed by atoms with Crippen molar-refractivity contribution in [3.8, 4) is 0 Å². The average Bonchev–Trinajstić information content (AvgIpc) is 2.33. The fourth-order valence-electron chi connectivity index (χ4n) is 2.22. The maximum atomic E-state index is 12.6. The molecular formula is C12H17ClN2O3S. The second-order valence-corrected chi connectivity index (χ2v) is 7.12. The Kier molecular flexibility index (Phi) is 4.06. The number of piperidine rings is 1. The number of halogens is 1.